The maximum absolute atomic E-state index is 5.12. The molecule has 1 saturated carbocycles. The summed E-state index contributed by atoms with van der Waals surface area (Å²) in [7, 11) is 1.76. The Morgan fingerprint density at radius 3 is 2.85 bits per heavy atom. The van der Waals surface area contributed by atoms with Crippen LogP contribution in [0.4, 0.5) is 0 Å². The Kier molecular flexibility index (Phi) is 6.06. The molecule has 0 bridgehead atoms. The first kappa shape index (κ1) is 16.0. The summed E-state index contributed by atoms with van der Waals surface area (Å²) in [6.45, 7) is 5.07. The van der Waals surface area contributed by atoms with Gasteiger partial charge in [-0.2, -0.15) is 0 Å². The van der Waals surface area contributed by atoms with Gasteiger partial charge >= 0.3 is 0 Å². The minimum Gasteiger partial charge on any atom is -0.383 e. The van der Waals surface area contributed by atoms with E-state index in [4.69, 9.17) is 4.74 Å². The van der Waals surface area contributed by atoms with E-state index in [0.29, 0.717) is 5.41 Å². The molecule has 3 heteroatoms. The Morgan fingerprint density at radius 1 is 1.40 bits per heavy atom. The number of ether oxygens (including phenoxy) is 1. The number of hydrogen-bond acceptors (Lipinski definition) is 2. The van der Waals surface area contributed by atoms with E-state index in [2.05, 4.69) is 52.4 Å². The van der Waals surface area contributed by atoms with Crippen molar-refractivity contribution in [1.82, 2.24) is 5.32 Å². The van der Waals surface area contributed by atoms with Crippen LogP contribution >= 0.6 is 15.9 Å². The zero-order valence-electron chi connectivity index (χ0n) is 12.6. The van der Waals surface area contributed by atoms with E-state index in [9.17, 15) is 0 Å². The molecule has 1 aromatic carbocycles. The summed E-state index contributed by atoms with van der Waals surface area (Å²) in [5.74, 6) is 0.906. The van der Waals surface area contributed by atoms with Crippen molar-refractivity contribution in [2.75, 3.05) is 26.8 Å². The molecule has 20 heavy (non-hydrogen) atoms. The van der Waals surface area contributed by atoms with Gasteiger partial charge in [0, 0.05) is 30.1 Å². The molecule has 0 saturated heterocycles. The van der Waals surface area contributed by atoms with Crippen LogP contribution in [0, 0.1) is 5.92 Å². The van der Waals surface area contributed by atoms with Crippen LogP contribution in [0.3, 0.4) is 0 Å². The highest BCUT2D eigenvalue weighted by Crippen LogP contribution is 2.49. The van der Waals surface area contributed by atoms with Gasteiger partial charge in [0.15, 0.2) is 0 Å². The van der Waals surface area contributed by atoms with Crippen LogP contribution in [0.5, 0.6) is 0 Å². The van der Waals surface area contributed by atoms with Gasteiger partial charge in [0.1, 0.15) is 0 Å². The smallest absolute Gasteiger partial charge is 0.0587 e. The van der Waals surface area contributed by atoms with Crippen LogP contribution in [0.2, 0.25) is 0 Å². The second-order valence-corrected chi connectivity index (χ2v) is 6.94. The first-order valence-corrected chi connectivity index (χ1v) is 8.45. The first-order chi connectivity index (χ1) is 9.70. The number of rotatable bonds is 8. The van der Waals surface area contributed by atoms with E-state index in [0.717, 1.165) is 25.6 Å². The number of halogens is 1. The lowest BCUT2D eigenvalue weighted by Gasteiger charge is -2.49. The quantitative estimate of drug-likeness (QED) is 0.719. The molecule has 1 fully saturated rings. The highest BCUT2D eigenvalue weighted by Gasteiger charge is 2.44. The largest absolute Gasteiger partial charge is 0.383 e. The molecule has 0 spiro atoms. The Labute approximate surface area is 131 Å². The fourth-order valence-corrected chi connectivity index (χ4v) is 3.86. The van der Waals surface area contributed by atoms with Crippen molar-refractivity contribution in [2.24, 2.45) is 5.92 Å². The van der Waals surface area contributed by atoms with Crippen LogP contribution in [-0.2, 0) is 10.2 Å². The van der Waals surface area contributed by atoms with Crippen LogP contribution in [0.15, 0.2) is 28.7 Å². The fourth-order valence-electron chi connectivity index (χ4n) is 3.46. The normalized spacial score (nSPS) is 25.4. The third kappa shape index (κ3) is 3.84. The maximum atomic E-state index is 5.12. The molecule has 0 heterocycles. The Hall–Kier alpha value is -0.380. The van der Waals surface area contributed by atoms with Crippen molar-refractivity contribution in [3.8, 4) is 0 Å². The number of nitrogens with one attached hydrogen (secondary N) is 1. The predicted octanol–water partition coefficient (Wildman–Crippen LogP) is 4.13. The summed E-state index contributed by atoms with van der Waals surface area (Å²) >= 11 is 3.61. The molecule has 0 radical (unpaired) electrons. The lowest BCUT2D eigenvalue weighted by atomic mass is 9.57. The fraction of sp³-hybridized carbons (Fsp3) is 0.647. The molecular weight excluding hydrogens is 314 g/mol. The summed E-state index contributed by atoms with van der Waals surface area (Å²) in [4.78, 5) is 0. The van der Waals surface area contributed by atoms with Crippen molar-refractivity contribution < 1.29 is 4.74 Å². The average molecular weight is 340 g/mol. The summed E-state index contributed by atoms with van der Waals surface area (Å²) in [5, 5.41) is 3.57. The van der Waals surface area contributed by atoms with Crippen LogP contribution in [-0.4, -0.2) is 26.8 Å². The van der Waals surface area contributed by atoms with Gasteiger partial charge in [0.2, 0.25) is 0 Å². The van der Waals surface area contributed by atoms with Gasteiger partial charge in [-0.3, -0.25) is 0 Å². The predicted molar refractivity (Wildman–Crippen MR) is 88.2 cm³/mol. The molecule has 1 aliphatic rings. The lowest BCUT2D eigenvalue weighted by molar-refractivity contribution is 0.123. The van der Waals surface area contributed by atoms with E-state index < -0.39 is 0 Å². The van der Waals surface area contributed by atoms with Crippen molar-refractivity contribution in [3.63, 3.8) is 0 Å². The van der Waals surface area contributed by atoms with Gasteiger partial charge in [-0.1, -0.05) is 47.8 Å². The summed E-state index contributed by atoms with van der Waals surface area (Å²) in [6.07, 6.45) is 5.30. The minimum atomic E-state index is 0.331. The van der Waals surface area contributed by atoms with Crippen LogP contribution in [0.1, 0.15) is 38.2 Å². The molecule has 1 aromatic rings. The van der Waals surface area contributed by atoms with E-state index >= 15 is 0 Å². The second kappa shape index (κ2) is 7.58. The molecule has 112 valence electrons. The summed E-state index contributed by atoms with van der Waals surface area (Å²) in [5.41, 5.74) is 1.81. The highest BCUT2D eigenvalue weighted by molar-refractivity contribution is 9.10. The van der Waals surface area contributed by atoms with E-state index in [-0.39, 0.29) is 0 Å². The Morgan fingerprint density at radius 2 is 2.20 bits per heavy atom. The Bertz CT molecular complexity index is 415. The average Bonchev–Trinajstić information content (AvgIpc) is 2.40. The summed E-state index contributed by atoms with van der Waals surface area (Å²) < 4.78 is 6.31. The van der Waals surface area contributed by atoms with Gasteiger partial charge in [0.05, 0.1) is 6.61 Å². The number of hydrogen-bond donors (Lipinski definition) is 1. The molecule has 0 aliphatic heterocycles. The van der Waals surface area contributed by atoms with Crippen LogP contribution < -0.4 is 5.32 Å². The molecule has 0 aromatic heterocycles. The molecule has 0 atom stereocenters. The summed E-state index contributed by atoms with van der Waals surface area (Å²) in [6, 6.07) is 8.84. The van der Waals surface area contributed by atoms with Gasteiger partial charge in [-0.05, 0) is 36.5 Å². The SMILES string of the molecule is CCCC1CC(CNCCOC)(c2cccc(Br)c2)C1. The Balaban J connectivity index is 2.02. The molecule has 0 unspecified atom stereocenters. The number of benzene rings is 1. The molecule has 2 rings (SSSR count). The maximum Gasteiger partial charge on any atom is 0.0587 e. The van der Waals surface area contributed by atoms with Crippen LogP contribution in [0.25, 0.3) is 0 Å². The van der Waals surface area contributed by atoms with Gasteiger partial charge in [-0.25, -0.2) is 0 Å². The zero-order chi connectivity index (χ0) is 14.4. The number of methoxy groups -OCH3 is 1. The molecular formula is C17H26BrNO. The van der Waals surface area contributed by atoms with Crippen molar-refractivity contribution in [2.45, 2.75) is 38.0 Å². The lowest BCUT2D eigenvalue weighted by Crippen LogP contribution is -2.49. The van der Waals surface area contributed by atoms with E-state index in [1.807, 2.05) is 0 Å². The molecule has 0 amide bonds. The minimum absolute atomic E-state index is 0.331. The van der Waals surface area contributed by atoms with Crippen molar-refractivity contribution in [3.05, 3.63) is 34.3 Å². The molecule has 1 aliphatic carbocycles. The molecule has 1 N–H and O–H groups in total. The highest BCUT2D eigenvalue weighted by atomic mass is 79.9. The monoisotopic (exact) mass is 339 g/mol. The van der Waals surface area contributed by atoms with Gasteiger partial charge in [0.25, 0.3) is 0 Å². The van der Waals surface area contributed by atoms with E-state index in [1.165, 1.54) is 35.7 Å². The van der Waals surface area contributed by atoms with Gasteiger partial charge in [-0.15, -0.1) is 0 Å². The third-order valence-electron chi connectivity index (χ3n) is 4.44. The standard InChI is InChI=1S/C17H26BrNO/c1-3-5-14-11-17(12-14,13-19-8-9-20-2)15-6-4-7-16(18)10-15/h4,6-7,10,14,19H,3,5,8-9,11-13H2,1-2H3. The second-order valence-electron chi connectivity index (χ2n) is 6.02. The third-order valence-corrected chi connectivity index (χ3v) is 4.93. The topological polar surface area (TPSA) is 21.3 Å². The zero-order valence-corrected chi connectivity index (χ0v) is 14.2. The molecule has 2 nitrogen and oxygen atoms in total. The van der Waals surface area contributed by atoms with E-state index in [1.54, 1.807) is 7.11 Å². The first-order valence-electron chi connectivity index (χ1n) is 7.66. The van der Waals surface area contributed by atoms with Crippen molar-refractivity contribution >= 4 is 15.9 Å². The van der Waals surface area contributed by atoms with Crippen molar-refractivity contribution in [1.29, 1.82) is 0 Å². The van der Waals surface area contributed by atoms with Gasteiger partial charge < -0.3 is 10.1 Å².